The largest absolute Gasteiger partial charge is 0.463 e. The minimum absolute atomic E-state index is 0.150. The van der Waals surface area contributed by atoms with Crippen molar-refractivity contribution in [3.05, 3.63) is 88.7 Å². The SMILES string of the molecule is CCOC(=O)C1=C(C)N=c2s/c(=C/c3cccc(C)c3)c(=O)n2[C@H]1c1cccs1. The van der Waals surface area contributed by atoms with Gasteiger partial charge in [-0.3, -0.25) is 9.36 Å². The zero-order valence-electron chi connectivity index (χ0n) is 16.3. The van der Waals surface area contributed by atoms with Crippen LogP contribution in [-0.4, -0.2) is 17.1 Å². The van der Waals surface area contributed by atoms with Gasteiger partial charge in [0.1, 0.15) is 6.04 Å². The molecule has 0 saturated heterocycles. The normalized spacial score (nSPS) is 16.5. The fourth-order valence-corrected chi connectivity index (χ4v) is 5.29. The van der Waals surface area contributed by atoms with E-state index in [0.29, 0.717) is 20.6 Å². The van der Waals surface area contributed by atoms with Gasteiger partial charge in [-0.05, 0) is 43.9 Å². The number of benzene rings is 1. The number of ether oxygens (including phenoxy) is 1. The molecule has 3 aromatic rings. The number of allylic oxidation sites excluding steroid dienone is 1. The first-order chi connectivity index (χ1) is 14.0. The first-order valence-corrected chi connectivity index (χ1v) is 11.0. The van der Waals surface area contributed by atoms with Gasteiger partial charge in [0.25, 0.3) is 5.56 Å². The van der Waals surface area contributed by atoms with Crippen molar-refractivity contribution in [1.82, 2.24) is 4.57 Å². The van der Waals surface area contributed by atoms with Gasteiger partial charge in [-0.25, -0.2) is 9.79 Å². The molecule has 0 amide bonds. The van der Waals surface area contributed by atoms with Crippen LogP contribution in [0.1, 0.15) is 35.9 Å². The summed E-state index contributed by atoms with van der Waals surface area (Å²) >= 11 is 2.85. The second-order valence-corrected chi connectivity index (χ2v) is 8.72. The van der Waals surface area contributed by atoms with E-state index < -0.39 is 12.0 Å². The fraction of sp³-hybridized carbons (Fsp3) is 0.227. The van der Waals surface area contributed by atoms with E-state index in [1.165, 1.54) is 22.7 Å². The number of hydrogen-bond donors (Lipinski definition) is 0. The number of carbonyl (C=O) groups is 1. The van der Waals surface area contributed by atoms with Crippen LogP contribution >= 0.6 is 22.7 Å². The molecular formula is C22H20N2O3S2. The maximum atomic E-state index is 13.4. The van der Waals surface area contributed by atoms with Gasteiger partial charge < -0.3 is 4.74 Å². The number of carbonyl (C=O) groups excluding carboxylic acids is 1. The molecule has 0 aliphatic carbocycles. The van der Waals surface area contributed by atoms with E-state index >= 15 is 0 Å². The number of rotatable bonds is 4. The molecule has 1 aromatic carbocycles. The van der Waals surface area contributed by atoms with Crippen LogP contribution in [0.25, 0.3) is 6.08 Å². The maximum Gasteiger partial charge on any atom is 0.338 e. The molecule has 2 aromatic heterocycles. The predicted molar refractivity (Wildman–Crippen MR) is 116 cm³/mol. The molecule has 1 atom stereocenters. The number of hydrogen-bond acceptors (Lipinski definition) is 6. The third-order valence-electron chi connectivity index (χ3n) is 4.67. The van der Waals surface area contributed by atoms with Crippen LogP contribution in [0, 0.1) is 6.92 Å². The van der Waals surface area contributed by atoms with E-state index in [0.717, 1.165) is 16.0 Å². The second-order valence-electron chi connectivity index (χ2n) is 6.73. The Morgan fingerprint density at radius 2 is 2.10 bits per heavy atom. The molecule has 7 heteroatoms. The molecule has 0 radical (unpaired) electrons. The Labute approximate surface area is 175 Å². The van der Waals surface area contributed by atoms with E-state index in [1.807, 2.05) is 54.8 Å². The van der Waals surface area contributed by atoms with Crippen molar-refractivity contribution >= 4 is 34.7 Å². The van der Waals surface area contributed by atoms with Crippen LogP contribution in [-0.2, 0) is 9.53 Å². The molecule has 0 bridgehead atoms. The van der Waals surface area contributed by atoms with Crippen molar-refractivity contribution < 1.29 is 9.53 Å². The molecule has 0 fully saturated rings. The number of aryl methyl sites for hydroxylation is 1. The van der Waals surface area contributed by atoms with Crippen molar-refractivity contribution in [2.24, 2.45) is 4.99 Å². The lowest BCUT2D eigenvalue weighted by Crippen LogP contribution is -2.39. The molecule has 1 aliphatic rings. The lowest BCUT2D eigenvalue weighted by molar-refractivity contribution is -0.139. The van der Waals surface area contributed by atoms with E-state index in [2.05, 4.69) is 4.99 Å². The third-order valence-corrected chi connectivity index (χ3v) is 6.58. The van der Waals surface area contributed by atoms with Crippen LogP contribution < -0.4 is 14.9 Å². The number of fused-ring (bicyclic) bond motifs is 1. The summed E-state index contributed by atoms with van der Waals surface area (Å²) in [7, 11) is 0. The number of nitrogens with zero attached hydrogens (tertiary/aromatic N) is 2. The fourth-order valence-electron chi connectivity index (χ4n) is 3.42. The lowest BCUT2D eigenvalue weighted by Gasteiger charge is -2.23. The monoisotopic (exact) mass is 424 g/mol. The molecule has 0 unspecified atom stereocenters. The number of thiazole rings is 1. The Morgan fingerprint density at radius 1 is 1.28 bits per heavy atom. The first kappa shape index (κ1) is 19.5. The molecule has 5 nitrogen and oxygen atoms in total. The van der Waals surface area contributed by atoms with Crippen molar-refractivity contribution in [1.29, 1.82) is 0 Å². The summed E-state index contributed by atoms with van der Waals surface area (Å²) in [5, 5.41) is 1.94. The smallest absolute Gasteiger partial charge is 0.338 e. The zero-order valence-corrected chi connectivity index (χ0v) is 18.0. The highest BCUT2D eigenvalue weighted by atomic mass is 32.1. The quantitative estimate of drug-likeness (QED) is 0.605. The van der Waals surface area contributed by atoms with Crippen LogP contribution in [0.3, 0.4) is 0 Å². The molecule has 148 valence electrons. The molecule has 3 heterocycles. The van der Waals surface area contributed by atoms with Gasteiger partial charge in [-0.2, -0.15) is 0 Å². The summed E-state index contributed by atoms with van der Waals surface area (Å²) in [4.78, 5) is 32.1. The minimum atomic E-state index is -0.523. The summed E-state index contributed by atoms with van der Waals surface area (Å²) in [6, 6.07) is 11.3. The first-order valence-electron chi connectivity index (χ1n) is 9.29. The molecule has 4 rings (SSSR count). The number of esters is 1. The van der Waals surface area contributed by atoms with E-state index in [1.54, 1.807) is 18.4 Å². The summed E-state index contributed by atoms with van der Waals surface area (Å²) in [6.07, 6.45) is 1.88. The Bertz CT molecular complexity index is 1280. The summed E-state index contributed by atoms with van der Waals surface area (Å²) in [5.41, 5.74) is 2.95. The summed E-state index contributed by atoms with van der Waals surface area (Å²) < 4.78 is 7.49. The molecule has 0 spiro atoms. The van der Waals surface area contributed by atoms with Gasteiger partial charge >= 0.3 is 5.97 Å². The summed E-state index contributed by atoms with van der Waals surface area (Å²) in [5.74, 6) is -0.430. The Kier molecular flexibility index (Phi) is 5.34. The Morgan fingerprint density at radius 3 is 2.79 bits per heavy atom. The van der Waals surface area contributed by atoms with Crippen LogP contribution in [0.5, 0.6) is 0 Å². The zero-order chi connectivity index (χ0) is 20.5. The van der Waals surface area contributed by atoms with E-state index in [9.17, 15) is 9.59 Å². The molecule has 1 aliphatic heterocycles. The average Bonchev–Trinajstić information content (AvgIpc) is 3.30. The van der Waals surface area contributed by atoms with Gasteiger partial charge in [0.05, 0.1) is 22.4 Å². The van der Waals surface area contributed by atoms with Crippen molar-refractivity contribution in [2.45, 2.75) is 26.8 Å². The van der Waals surface area contributed by atoms with Gasteiger partial charge in [-0.15, -0.1) is 11.3 Å². The van der Waals surface area contributed by atoms with Gasteiger partial charge in [0.15, 0.2) is 4.80 Å². The van der Waals surface area contributed by atoms with Gasteiger partial charge in [-0.1, -0.05) is 47.2 Å². The Balaban J connectivity index is 1.94. The molecular weight excluding hydrogens is 404 g/mol. The predicted octanol–water partition coefficient (Wildman–Crippen LogP) is 3.17. The molecule has 0 N–H and O–H groups in total. The standard InChI is InChI=1S/C22H20N2O3S2/c1-4-27-21(26)18-14(3)23-22-24(19(18)16-9-6-10-28-16)20(25)17(29-22)12-15-8-5-7-13(2)11-15/h5-12,19H,4H2,1-3H3/b17-12+/t19-/m0/s1. The van der Waals surface area contributed by atoms with E-state index in [-0.39, 0.29) is 12.2 Å². The maximum absolute atomic E-state index is 13.4. The van der Waals surface area contributed by atoms with Gasteiger partial charge in [0, 0.05) is 4.88 Å². The topological polar surface area (TPSA) is 60.7 Å². The van der Waals surface area contributed by atoms with Crippen molar-refractivity contribution in [3.8, 4) is 0 Å². The molecule has 0 saturated carbocycles. The van der Waals surface area contributed by atoms with Crippen LogP contribution in [0.4, 0.5) is 0 Å². The van der Waals surface area contributed by atoms with Crippen LogP contribution in [0.15, 0.2) is 62.8 Å². The summed E-state index contributed by atoms with van der Waals surface area (Å²) in [6.45, 7) is 5.85. The van der Waals surface area contributed by atoms with Crippen LogP contribution in [0.2, 0.25) is 0 Å². The van der Waals surface area contributed by atoms with E-state index in [4.69, 9.17) is 4.74 Å². The number of thiophene rings is 1. The van der Waals surface area contributed by atoms with Crippen molar-refractivity contribution in [3.63, 3.8) is 0 Å². The van der Waals surface area contributed by atoms with Gasteiger partial charge in [0.2, 0.25) is 0 Å². The lowest BCUT2D eigenvalue weighted by atomic mass is 10.0. The van der Waals surface area contributed by atoms with Crippen molar-refractivity contribution in [2.75, 3.05) is 6.61 Å². The highest BCUT2D eigenvalue weighted by Gasteiger charge is 2.33. The molecule has 29 heavy (non-hydrogen) atoms. The number of aromatic nitrogens is 1. The minimum Gasteiger partial charge on any atom is -0.463 e. The average molecular weight is 425 g/mol. The third kappa shape index (κ3) is 3.63. The Hall–Kier alpha value is -2.77. The highest BCUT2D eigenvalue weighted by Crippen LogP contribution is 2.33. The highest BCUT2D eigenvalue weighted by molar-refractivity contribution is 7.10. The second kappa shape index (κ2) is 7.93.